The van der Waals surface area contributed by atoms with Crippen molar-refractivity contribution in [3.63, 3.8) is 0 Å². The zero-order valence-electron chi connectivity index (χ0n) is 16.7. The minimum atomic E-state index is -2.77. The Labute approximate surface area is 168 Å². The van der Waals surface area contributed by atoms with Crippen molar-refractivity contribution in [1.82, 2.24) is 14.9 Å². The minimum Gasteiger partial charge on any atom is -0.347 e. The van der Waals surface area contributed by atoms with E-state index in [1.807, 2.05) is 6.08 Å². The fourth-order valence-corrected chi connectivity index (χ4v) is 2.85. The summed E-state index contributed by atoms with van der Waals surface area (Å²) < 4.78 is 38.6. The third-order valence-electron chi connectivity index (χ3n) is 4.75. The number of nitrogens with one attached hydrogen (secondary N) is 2. The van der Waals surface area contributed by atoms with Crippen molar-refractivity contribution in [2.24, 2.45) is 5.92 Å². The van der Waals surface area contributed by atoms with E-state index in [0.717, 1.165) is 30.4 Å². The number of imidazole rings is 1. The number of halogens is 3. The predicted molar refractivity (Wildman–Crippen MR) is 107 cm³/mol. The first-order valence-corrected chi connectivity index (χ1v) is 9.68. The second-order valence-electron chi connectivity index (χ2n) is 7.10. The Kier molecular flexibility index (Phi) is 7.99. The molecule has 1 fully saturated rings. The van der Waals surface area contributed by atoms with E-state index in [-0.39, 0.29) is 12.2 Å². The van der Waals surface area contributed by atoms with Crippen LogP contribution in [0.5, 0.6) is 0 Å². The zero-order valence-corrected chi connectivity index (χ0v) is 16.7. The molecule has 1 atom stereocenters. The fraction of sp³-hybridized carbons (Fsp3) is 0.476. The predicted octanol–water partition coefficient (Wildman–Crippen LogP) is 4.74. The molecule has 1 aliphatic carbocycles. The highest BCUT2D eigenvalue weighted by molar-refractivity contribution is 5.83. The normalized spacial score (nSPS) is 20.7. The highest BCUT2D eigenvalue weighted by Crippen LogP contribution is 2.49. The molecule has 2 heterocycles. The molecular formula is C21H27F3N4O. The number of alkyl halides is 2. The van der Waals surface area contributed by atoms with Crippen LogP contribution < -0.4 is 0 Å². The van der Waals surface area contributed by atoms with E-state index in [9.17, 15) is 18.0 Å². The number of allylic oxidation sites excluding steroid dienone is 6. The molecule has 0 saturated heterocycles. The lowest BCUT2D eigenvalue weighted by Gasteiger charge is -2.26. The topological polar surface area (TPSA) is 72.8 Å². The van der Waals surface area contributed by atoms with Crippen LogP contribution in [0.3, 0.4) is 0 Å². The molecule has 1 aromatic heterocycles. The van der Waals surface area contributed by atoms with Crippen LogP contribution in [0.1, 0.15) is 44.5 Å². The summed E-state index contributed by atoms with van der Waals surface area (Å²) in [5, 5.41) is 6.76. The molecule has 1 aliphatic heterocycles. The van der Waals surface area contributed by atoms with Gasteiger partial charge in [0.05, 0.1) is 24.3 Å². The second-order valence-corrected chi connectivity index (χ2v) is 7.10. The lowest BCUT2D eigenvalue weighted by molar-refractivity contribution is -0.135. The van der Waals surface area contributed by atoms with Crippen molar-refractivity contribution < 1.29 is 18.0 Å². The standard InChI is InChI=1S/C11H16FN.C10H11F2N3O/c1-3-4-5-6-7-11(12)10(2)8-9-13;11-10(12)3-6(10)9(16)15-2-1-7-8(4-15)14-5-13-7/h5-9,13H,3-4H2,1-2H3;5-6H,1-4H2,(H,13,14)/b6-5-,10-8+,11-7+,13-9?;. The number of rotatable bonds is 6. The molecule has 0 radical (unpaired) electrons. The molecule has 1 saturated carbocycles. The van der Waals surface area contributed by atoms with Gasteiger partial charge in [-0.15, -0.1) is 0 Å². The Balaban J connectivity index is 0.000000213. The first-order valence-electron chi connectivity index (χ1n) is 9.68. The van der Waals surface area contributed by atoms with Gasteiger partial charge in [0.15, 0.2) is 0 Å². The highest BCUT2D eigenvalue weighted by Gasteiger charge is 2.62. The monoisotopic (exact) mass is 408 g/mol. The number of fused-ring (bicyclic) bond motifs is 1. The minimum absolute atomic E-state index is 0.282. The Morgan fingerprint density at radius 2 is 2.17 bits per heavy atom. The number of hydrogen-bond acceptors (Lipinski definition) is 3. The highest BCUT2D eigenvalue weighted by atomic mass is 19.3. The zero-order chi connectivity index (χ0) is 21.4. The van der Waals surface area contributed by atoms with Crippen LogP contribution in [-0.4, -0.2) is 39.5 Å². The Hall–Kier alpha value is -2.64. The average Bonchev–Trinajstić information content (AvgIpc) is 3.11. The Morgan fingerprint density at radius 1 is 1.45 bits per heavy atom. The Bertz CT molecular complexity index is 811. The van der Waals surface area contributed by atoms with Crippen molar-refractivity contribution >= 4 is 12.1 Å². The van der Waals surface area contributed by atoms with E-state index in [2.05, 4.69) is 16.9 Å². The van der Waals surface area contributed by atoms with Crippen LogP contribution in [0.25, 0.3) is 0 Å². The van der Waals surface area contributed by atoms with E-state index in [4.69, 9.17) is 5.41 Å². The molecule has 8 heteroatoms. The number of nitrogens with zero attached hydrogens (tertiary/aromatic N) is 2. The van der Waals surface area contributed by atoms with Crippen LogP contribution in [0.4, 0.5) is 13.2 Å². The summed E-state index contributed by atoms with van der Waals surface area (Å²) in [6.45, 7) is 4.58. The van der Waals surface area contributed by atoms with Gasteiger partial charge >= 0.3 is 0 Å². The van der Waals surface area contributed by atoms with E-state index >= 15 is 0 Å². The summed E-state index contributed by atoms with van der Waals surface area (Å²) in [7, 11) is 0. The van der Waals surface area contributed by atoms with Crippen LogP contribution in [-0.2, 0) is 17.8 Å². The van der Waals surface area contributed by atoms with Crippen molar-refractivity contribution in [2.45, 2.75) is 52.0 Å². The summed E-state index contributed by atoms with van der Waals surface area (Å²) in [5.41, 5.74) is 2.28. The molecule has 1 amide bonds. The maximum Gasteiger partial charge on any atom is 0.260 e. The number of aromatic nitrogens is 2. The van der Waals surface area contributed by atoms with Gasteiger partial charge in [0, 0.05) is 25.6 Å². The number of aromatic amines is 1. The number of H-pyrrole nitrogens is 1. The van der Waals surface area contributed by atoms with Crippen molar-refractivity contribution in [3.05, 3.63) is 53.4 Å². The summed E-state index contributed by atoms with van der Waals surface area (Å²) in [4.78, 5) is 20.2. The fourth-order valence-electron chi connectivity index (χ4n) is 2.85. The second kappa shape index (κ2) is 10.2. The molecule has 0 bridgehead atoms. The SMILES string of the molecule is CCC\C=C/C=C(F)\C(C)=C\C=N.O=C(C1CC1(F)F)N1CCc2nc[nH]c2C1. The van der Waals surface area contributed by atoms with E-state index in [0.29, 0.717) is 25.1 Å². The van der Waals surface area contributed by atoms with Crippen LogP contribution in [0.15, 0.2) is 42.0 Å². The van der Waals surface area contributed by atoms with E-state index in [1.54, 1.807) is 19.3 Å². The quantitative estimate of drug-likeness (QED) is 0.527. The van der Waals surface area contributed by atoms with Gasteiger partial charge in [0.2, 0.25) is 5.91 Å². The molecule has 3 rings (SSSR count). The van der Waals surface area contributed by atoms with Gasteiger partial charge in [0.1, 0.15) is 11.7 Å². The van der Waals surface area contributed by atoms with Crippen molar-refractivity contribution in [2.75, 3.05) is 6.54 Å². The van der Waals surface area contributed by atoms with Crippen molar-refractivity contribution in [3.8, 4) is 0 Å². The number of hydrogen-bond donors (Lipinski definition) is 2. The van der Waals surface area contributed by atoms with Gasteiger partial charge in [0.25, 0.3) is 5.92 Å². The van der Waals surface area contributed by atoms with Gasteiger partial charge in [-0.2, -0.15) is 0 Å². The molecule has 29 heavy (non-hydrogen) atoms. The largest absolute Gasteiger partial charge is 0.347 e. The summed E-state index contributed by atoms with van der Waals surface area (Å²) in [5.74, 6) is -4.57. The first-order chi connectivity index (χ1) is 13.8. The molecule has 0 spiro atoms. The summed E-state index contributed by atoms with van der Waals surface area (Å²) in [6, 6.07) is 0. The third kappa shape index (κ3) is 6.44. The molecule has 1 unspecified atom stereocenters. The smallest absolute Gasteiger partial charge is 0.260 e. The number of unbranched alkanes of at least 4 members (excludes halogenated alkanes) is 1. The maximum atomic E-state index is 13.0. The molecule has 2 aliphatic rings. The average molecular weight is 408 g/mol. The molecule has 0 aromatic carbocycles. The number of carbonyl (C=O) groups excluding carboxylic acids is 1. The lowest BCUT2D eigenvalue weighted by Crippen LogP contribution is -2.38. The van der Waals surface area contributed by atoms with Gasteiger partial charge in [-0.1, -0.05) is 25.5 Å². The molecule has 2 N–H and O–H groups in total. The first kappa shape index (κ1) is 22.6. The van der Waals surface area contributed by atoms with E-state index < -0.39 is 17.7 Å². The molecular weight excluding hydrogens is 381 g/mol. The summed E-state index contributed by atoms with van der Waals surface area (Å²) in [6.07, 6.45) is 11.5. The van der Waals surface area contributed by atoms with Gasteiger partial charge in [-0.05, 0) is 31.1 Å². The van der Waals surface area contributed by atoms with Gasteiger partial charge < -0.3 is 15.3 Å². The summed E-state index contributed by atoms with van der Waals surface area (Å²) >= 11 is 0. The van der Waals surface area contributed by atoms with Crippen LogP contribution >= 0.6 is 0 Å². The number of carbonyl (C=O) groups is 1. The molecule has 1 aromatic rings. The van der Waals surface area contributed by atoms with Gasteiger partial charge in [-0.3, -0.25) is 4.79 Å². The van der Waals surface area contributed by atoms with E-state index in [1.165, 1.54) is 17.1 Å². The third-order valence-corrected chi connectivity index (χ3v) is 4.75. The van der Waals surface area contributed by atoms with Crippen LogP contribution in [0.2, 0.25) is 0 Å². The Morgan fingerprint density at radius 3 is 2.79 bits per heavy atom. The molecule has 5 nitrogen and oxygen atoms in total. The maximum absolute atomic E-state index is 13.0. The number of amides is 1. The van der Waals surface area contributed by atoms with Crippen molar-refractivity contribution in [1.29, 1.82) is 5.41 Å². The van der Waals surface area contributed by atoms with Crippen LogP contribution in [0, 0.1) is 11.3 Å². The molecule has 158 valence electrons. The van der Waals surface area contributed by atoms with Gasteiger partial charge in [-0.25, -0.2) is 18.2 Å². The lowest BCUT2D eigenvalue weighted by atomic mass is 10.1.